The van der Waals surface area contributed by atoms with Crippen LogP contribution < -0.4 is 5.48 Å². The molecule has 0 unspecified atom stereocenters. The molecule has 112 valence electrons. The van der Waals surface area contributed by atoms with Crippen LogP contribution in [0.2, 0.25) is 0 Å². The summed E-state index contributed by atoms with van der Waals surface area (Å²) in [5.74, 6) is 0.799. The lowest BCUT2D eigenvalue weighted by atomic mass is 9.79. The number of rotatable bonds is 5. The molecular weight excluding hydrogens is 268 g/mol. The number of amides is 1. The van der Waals surface area contributed by atoms with Crippen molar-refractivity contribution >= 4 is 6.09 Å². The standard InChI is InChI=1S/C16H20N2O3/c17-11-13-3-7-15(8-4-13)14-5-1-12(2-6-14)9-10-21-18-16(19)20/h1-2,5-6,13,15,18H,3-4,7-10H2,(H,19,20). The Labute approximate surface area is 124 Å². The second-order valence-electron chi connectivity index (χ2n) is 5.42. The smallest absolute Gasteiger partial charge is 0.428 e. The van der Waals surface area contributed by atoms with Crippen molar-refractivity contribution in [3.8, 4) is 6.07 Å². The van der Waals surface area contributed by atoms with Crippen molar-refractivity contribution in [2.24, 2.45) is 5.92 Å². The Balaban J connectivity index is 1.79. The highest BCUT2D eigenvalue weighted by molar-refractivity contribution is 5.62. The fourth-order valence-corrected chi connectivity index (χ4v) is 2.79. The van der Waals surface area contributed by atoms with Gasteiger partial charge in [0.15, 0.2) is 0 Å². The van der Waals surface area contributed by atoms with Crippen LogP contribution in [0.1, 0.15) is 42.7 Å². The number of carboxylic acid groups (broad SMARTS) is 1. The van der Waals surface area contributed by atoms with Crippen LogP contribution in [-0.4, -0.2) is 17.8 Å². The van der Waals surface area contributed by atoms with Gasteiger partial charge in [-0.1, -0.05) is 24.3 Å². The van der Waals surface area contributed by atoms with Crippen LogP contribution in [0.4, 0.5) is 4.79 Å². The van der Waals surface area contributed by atoms with E-state index in [-0.39, 0.29) is 5.92 Å². The van der Waals surface area contributed by atoms with Gasteiger partial charge >= 0.3 is 6.09 Å². The molecular formula is C16H20N2O3. The van der Waals surface area contributed by atoms with Gasteiger partial charge < -0.3 is 5.11 Å². The lowest BCUT2D eigenvalue weighted by molar-refractivity contribution is 0.0440. The molecule has 5 nitrogen and oxygen atoms in total. The average molecular weight is 288 g/mol. The third-order valence-electron chi connectivity index (χ3n) is 4.01. The summed E-state index contributed by atoms with van der Waals surface area (Å²) in [4.78, 5) is 15.0. The Kier molecular flexibility index (Phi) is 5.59. The van der Waals surface area contributed by atoms with Crippen molar-refractivity contribution in [2.45, 2.75) is 38.0 Å². The van der Waals surface area contributed by atoms with E-state index in [0.29, 0.717) is 18.9 Å². The molecule has 1 aliphatic rings. The molecule has 1 fully saturated rings. The van der Waals surface area contributed by atoms with Gasteiger partial charge in [0.25, 0.3) is 0 Å². The monoisotopic (exact) mass is 288 g/mol. The zero-order valence-electron chi connectivity index (χ0n) is 11.9. The predicted molar refractivity (Wildman–Crippen MR) is 77.6 cm³/mol. The van der Waals surface area contributed by atoms with Crippen LogP contribution in [0.25, 0.3) is 0 Å². The first-order valence-electron chi connectivity index (χ1n) is 7.28. The average Bonchev–Trinajstić information content (AvgIpc) is 2.52. The Hall–Kier alpha value is -2.06. The Morgan fingerprint density at radius 2 is 1.95 bits per heavy atom. The molecule has 0 atom stereocenters. The number of nitrogens with one attached hydrogen (secondary N) is 1. The van der Waals surface area contributed by atoms with Crippen LogP contribution in [-0.2, 0) is 11.3 Å². The van der Waals surface area contributed by atoms with Crippen molar-refractivity contribution in [3.63, 3.8) is 0 Å². The largest absolute Gasteiger partial charge is 0.464 e. The number of carbonyl (C=O) groups is 1. The van der Waals surface area contributed by atoms with Gasteiger partial charge in [-0.15, -0.1) is 0 Å². The maximum atomic E-state index is 10.2. The molecule has 1 amide bonds. The van der Waals surface area contributed by atoms with Crippen LogP contribution in [0, 0.1) is 17.2 Å². The van der Waals surface area contributed by atoms with Crippen molar-refractivity contribution < 1.29 is 14.7 Å². The SMILES string of the molecule is N#CC1CCC(c2ccc(CCONC(=O)O)cc2)CC1. The lowest BCUT2D eigenvalue weighted by Gasteiger charge is -2.25. The van der Waals surface area contributed by atoms with E-state index in [1.54, 1.807) is 0 Å². The third-order valence-corrected chi connectivity index (χ3v) is 4.01. The van der Waals surface area contributed by atoms with Crippen LogP contribution >= 0.6 is 0 Å². The van der Waals surface area contributed by atoms with E-state index in [1.165, 1.54) is 5.56 Å². The molecule has 1 aromatic rings. The van der Waals surface area contributed by atoms with E-state index in [9.17, 15) is 4.79 Å². The maximum Gasteiger partial charge on any atom is 0.428 e. The number of hydroxylamine groups is 1. The molecule has 1 aliphatic carbocycles. The summed E-state index contributed by atoms with van der Waals surface area (Å²) < 4.78 is 0. The molecule has 0 aromatic heterocycles. The summed E-state index contributed by atoms with van der Waals surface area (Å²) in [5, 5.41) is 17.3. The van der Waals surface area contributed by atoms with Gasteiger partial charge in [-0.05, 0) is 49.1 Å². The van der Waals surface area contributed by atoms with E-state index in [1.807, 2.05) is 5.48 Å². The van der Waals surface area contributed by atoms with E-state index in [4.69, 9.17) is 15.2 Å². The number of nitriles is 1. The first kappa shape index (κ1) is 15.3. The fourth-order valence-electron chi connectivity index (χ4n) is 2.79. The quantitative estimate of drug-likeness (QED) is 0.643. The predicted octanol–water partition coefficient (Wildman–Crippen LogP) is 3.23. The normalized spacial score (nSPS) is 21.5. The highest BCUT2D eigenvalue weighted by Gasteiger charge is 2.21. The molecule has 0 heterocycles. The Morgan fingerprint density at radius 3 is 2.52 bits per heavy atom. The minimum atomic E-state index is -1.18. The van der Waals surface area contributed by atoms with Gasteiger partial charge in [-0.25, -0.2) is 4.79 Å². The highest BCUT2D eigenvalue weighted by atomic mass is 16.7. The molecule has 0 saturated heterocycles. The molecule has 0 radical (unpaired) electrons. The molecule has 0 spiro atoms. The number of hydrogen-bond acceptors (Lipinski definition) is 3. The number of nitrogens with zero attached hydrogens (tertiary/aromatic N) is 1. The zero-order valence-corrected chi connectivity index (χ0v) is 11.9. The minimum absolute atomic E-state index is 0.236. The van der Waals surface area contributed by atoms with Gasteiger partial charge in [0.05, 0.1) is 12.7 Å². The lowest BCUT2D eigenvalue weighted by Crippen LogP contribution is -2.22. The second kappa shape index (κ2) is 7.65. The van der Waals surface area contributed by atoms with E-state index in [2.05, 4.69) is 30.3 Å². The van der Waals surface area contributed by atoms with Crippen LogP contribution in [0.3, 0.4) is 0 Å². The van der Waals surface area contributed by atoms with Gasteiger partial charge in [-0.2, -0.15) is 10.7 Å². The van der Waals surface area contributed by atoms with Crippen LogP contribution in [0.15, 0.2) is 24.3 Å². The first-order chi connectivity index (χ1) is 10.2. The van der Waals surface area contributed by atoms with E-state index >= 15 is 0 Å². The molecule has 5 heteroatoms. The topological polar surface area (TPSA) is 82.3 Å². The summed E-state index contributed by atoms with van der Waals surface area (Å²) in [6.07, 6.45) is 3.65. The van der Waals surface area contributed by atoms with Crippen molar-refractivity contribution in [3.05, 3.63) is 35.4 Å². The molecule has 2 rings (SSSR count). The summed E-state index contributed by atoms with van der Waals surface area (Å²) in [5.41, 5.74) is 4.33. The summed E-state index contributed by atoms with van der Waals surface area (Å²) in [6.45, 7) is 0.318. The van der Waals surface area contributed by atoms with Gasteiger partial charge in [0.1, 0.15) is 0 Å². The molecule has 2 N–H and O–H groups in total. The second-order valence-corrected chi connectivity index (χ2v) is 5.42. The van der Waals surface area contributed by atoms with Crippen molar-refractivity contribution in [1.29, 1.82) is 5.26 Å². The van der Waals surface area contributed by atoms with Gasteiger partial charge in [0.2, 0.25) is 0 Å². The first-order valence-corrected chi connectivity index (χ1v) is 7.28. The maximum absolute atomic E-state index is 10.2. The molecule has 1 aromatic carbocycles. The molecule has 0 aliphatic heterocycles. The zero-order chi connectivity index (χ0) is 15.1. The third kappa shape index (κ3) is 4.76. The molecule has 0 bridgehead atoms. The molecule has 1 saturated carbocycles. The van der Waals surface area contributed by atoms with Crippen molar-refractivity contribution in [1.82, 2.24) is 5.48 Å². The fraction of sp³-hybridized carbons (Fsp3) is 0.500. The van der Waals surface area contributed by atoms with Crippen molar-refractivity contribution in [2.75, 3.05) is 6.61 Å². The van der Waals surface area contributed by atoms with E-state index in [0.717, 1.165) is 31.2 Å². The molecule has 21 heavy (non-hydrogen) atoms. The summed E-state index contributed by atoms with van der Waals surface area (Å²) in [6, 6.07) is 10.8. The number of hydrogen-bond donors (Lipinski definition) is 2. The van der Waals surface area contributed by atoms with Crippen LogP contribution in [0.5, 0.6) is 0 Å². The summed E-state index contributed by atoms with van der Waals surface area (Å²) >= 11 is 0. The van der Waals surface area contributed by atoms with E-state index < -0.39 is 6.09 Å². The van der Waals surface area contributed by atoms with Gasteiger partial charge in [-0.3, -0.25) is 4.84 Å². The Morgan fingerprint density at radius 1 is 1.29 bits per heavy atom. The number of benzene rings is 1. The summed E-state index contributed by atoms with van der Waals surface area (Å²) in [7, 11) is 0. The minimum Gasteiger partial charge on any atom is -0.464 e. The Bertz CT molecular complexity index is 499. The highest BCUT2D eigenvalue weighted by Crippen LogP contribution is 2.35. The van der Waals surface area contributed by atoms with Gasteiger partial charge in [0, 0.05) is 5.92 Å².